The Morgan fingerprint density at radius 3 is 2.37 bits per heavy atom. The molecule has 1 aromatic heterocycles. The number of carbonyl (C=O) groups is 2. The molecule has 0 fully saturated rings. The van der Waals surface area contributed by atoms with E-state index in [-0.39, 0.29) is 17.5 Å². The van der Waals surface area contributed by atoms with E-state index in [0.29, 0.717) is 34.4 Å². The van der Waals surface area contributed by atoms with Gasteiger partial charge in [0.2, 0.25) is 11.8 Å². The molecule has 1 heterocycles. The maximum absolute atomic E-state index is 13.9. The monoisotopic (exact) mass is 468 g/mol. The maximum atomic E-state index is 13.9. The second-order valence-electron chi connectivity index (χ2n) is 8.29. The number of nitrogens with zero attached hydrogens (tertiary/aromatic N) is 2. The molecule has 0 saturated carbocycles. The van der Waals surface area contributed by atoms with E-state index in [1.165, 1.54) is 4.57 Å². The van der Waals surface area contributed by atoms with Gasteiger partial charge in [-0.2, -0.15) is 0 Å². The van der Waals surface area contributed by atoms with Gasteiger partial charge in [0.1, 0.15) is 11.7 Å². The summed E-state index contributed by atoms with van der Waals surface area (Å²) in [5, 5.41) is 5.76. The van der Waals surface area contributed by atoms with Crippen LogP contribution in [0, 0.1) is 0 Å². The highest BCUT2D eigenvalue weighted by molar-refractivity contribution is 5.96. The van der Waals surface area contributed by atoms with Gasteiger partial charge in [0.15, 0.2) is 0 Å². The van der Waals surface area contributed by atoms with Gasteiger partial charge in [-0.1, -0.05) is 50.2 Å². The molecule has 0 aliphatic rings. The molecule has 4 rings (SSSR count). The zero-order valence-corrected chi connectivity index (χ0v) is 20.0. The van der Waals surface area contributed by atoms with E-state index in [4.69, 9.17) is 0 Å². The van der Waals surface area contributed by atoms with Crippen molar-refractivity contribution in [3.05, 3.63) is 88.7 Å². The van der Waals surface area contributed by atoms with Crippen molar-refractivity contribution < 1.29 is 9.59 Å². The highest BCUT2D eigenvalue weighted by atomic mass is 16.2. The highest BCUT2D eigenvalue weighted by Crippen LogP contribution is 2.29. The van der Waals surface area contributed by atoms with Crippen LogP contribution in [-0.4, -0.2) is 21.4 Å². The fraction of sp³-hybridized carbons (Fsp3) is 0.214. The molecule has 178 valence electrons. The van der Waals surface area contributed by atoms with E-state index >= 15 is 0 Å². The molecule has 2 amide bonds. The summed E-state index contributed by atoms with van der Waals surface area (Å²) in [6, 6.07) is 21.1. The van der Waals surface area contributed by atoms with Crippen molar-refractivity contribution in [2.24, 2.45) is 0 Å². The Morgan fingerprint density at radius 1 is 0.943 bits per heavy atom. The number of nitrogens with one attached hydrogen (secondary N) is 2. The third-order valence-corrected chi connectivity index (χ3v) is 5.95. The average molecular weight is 469 g/mol. The molecule has 0 aliphatic carbocycles. The number of para-hydroxylation sites is 3. The van der Waals surface area contributed by atoms with Crippen molar-refractivity contribution in [2.45, 2.75) is 39.7 Å². The molecule has 3 aromatic carbocycles. The number of fused-ring (bicyclic) bond motifs is 1. The average Bonchev–Trinajstić information content (AvgIpc) is 2.88. The first-order chi connectivity index (χ1) is 16.9. The van der Waals surface area contributed by atoms with Crippen LogP contribution in [0.5, 0.6) is 0 Å². The van der Waals surface area contributed by atoms with E-state index in [2.05, 4.69) is 15.6 Å². The summed E-state index contributed by atoms with van der Waals surface area (Å²) >= 11 is 0. The van der Waals surface area contributed by atoms with Crippen LogP contribution in [0.1, 0.15) is 38.8 Å². The molecule has 7 heteroatoms. The molecule has 1 atom stereocenters. The Labute approximate surface area is 203 Å². The van der Waals surface area contributed by atoms with Crippen molar-refractivity contribution >= 4 is 34.2 Å². The van der Waals surface area contributed by atoms with Crippen LogP contribution >= 0.6 is 0 Å². The lowest BCUT2D eigenvalue weighted by Crippen LogP contribution is -2.33. The molecule has 2 N–H and O–H groups in total. The number of hydrogen-bond acceptors (Lipinski definition) is 4. The Bertz CT molecular complexity index is 1440. The van der Waals surface area contributed by atoms with Gasteiger partial charge >= 0.3 is 0 Å². The van der Waals surface area contributed by atoms with E-state index in [1.54, 1.807) is 38.1 Å². The lowest BCUT2D eigenvalue weighted by atomic mass is 10.0. The Morgan fingerprint density at radius 2 is 1.66 bits per heavy atom. The second-order valence-corrected chi connectivity index (χ2v) is 8.29. The largest absolute Gasteiger partial charge is 0.325 e. The number of hydrogen-bond donors (Lipinski definition) is 2. The summed E-state index contributed by atoms with van der Waals surface area (Å²) in [6.45, 7) is 5.48. The van der Waals surface area contributed by atoms with Gasteiger partial charge in [0.25, 0.3) is 5.56 Å². The summed E-state index contributed by atoms with van der Waals surface area (Å²) in [5.41, 5.74) is 3.62. The van der Waals surface area contributed by atoms with Crippen molar-refractivity contribution in [1.29, 1.82) is 0 Å². The predicted molar refractivity (Wildman–Crippen MR) is 140 cm³/mol. The number of anilines is 2. The number of aromatic nitrogens is 2. The van der Waals surface area contributed by atoms with Crippen LogP contribution in [0.3, 0.4) is 0 Å². The smallest absolute Gasteiger partial charge is 0.278 e. The quantitative estimate of drug-likeness (QED) is 0.391. The summed E-state index contributed by atoms with van der Waals surface area (Å²) < 4.78 is 1.47. The molecular formula is C28H28N4O3. The third kappa shape index (κ3) is 4.99. The number of benzene rings is 3. The van der Waals surface area contributed by atoms with Crippen LogP contribution in [0.25, 0.3) is 22.3 Å². The van der Waals surface area contributed by atoms with E-state index in [9.17, 15) is 14.4 Å². The first kappa shape index (κ1) is 23.9. The van der Waals surface area contributed by atoms with Crippen LogP contribution in [0.2, 0.25) is 0 Å². The molecule has 0 saturated heterocycles. The van der Waals surface area contributed by atoms with Crippen LogP contribution in [0.4, 0.5) is 11.4 Å². The highest BCUT2D eigenvalue weighted by Gasteiger charge is 2.23. The Hall–Kier alpha value is -4.26. The van der Waals surface area contributed by atoms with E-state index in [1.807, 2.05) is 55.5 Å². The molecule has 0 bridgehead atoms. The number of carbonyl (C=O) groups excluding carboxylic acids is 2. The van der Waals surface area contributed by atoms with Crippen molar-refractivity contribution in [1.82, 2.24) is 9.55 Å². The molecule has 7 nitrogen and oxygen atoms in total. The molecule has 35 heavy (non-hydrogen) atoms. The third-order valence-electron chi connectivity index (χ3n) is 5.95. The first-order valence-corrected chi connectivity index (χ1v) is 11.7. The predicted octanol–water partition coefficient (Wildman–Crippen LogP) is 5.17. The first-order valence-electron chi connectivity index (χ1n) is 11.7. The normalized spacial score (nSPS) is 11.7. The molecule has 0 aliphatic heterocycles. The summed E-state index contributed by atoms with van der Waals surface area (Å²) in [4.78, 5) is 43.9. The van der Waals surface area contributed by atoms with Gasteiger partial charge in [-0.15, -0.1) is 0 Å². The fourth-order valence-electron chi connectivity index (χ4n) is 3.95. The van der Waals surface area contributed by atoms with Gasteiger partial charge in [-0.25, -0.2) is 4.98 Å². The Balaban J connectivity index is 1.89. The molecule has 0 spiro atoms. The maximum Gasteiger partial charge on any atom is 0.278 e. The van der Waals surface area contributed by atoms with E-state index in [0.717, 1.165) is 12.0 Å². The van der Waals surface area contributed by atoms with Gasteiger partial charge in [-0.05, 0) is 55.3 Å². The molecule has 4 aromatic rings. The van der Waals surface area contributed by atoms with Gasteiger partial charge in [-0.3, -0.25) is 19.0 Å². The van der Waals surface area contributed by atoms with Crippen molar-refractivity contribution in [3.63, 3.8) is 0 Å². The Kier molecular flexibility index (Phi) is 7.06. The topological polar surface area (TPSA) is 93.1 Å². The van der Waals surface area contributed by atoms with Gasteiger partial charge < -0.3 is 10.6 Å². The fourth-order valence-corrected chi connectivity index (χ4v) is 3.95. The minimum Gasteiger partial charge on any atom is -0.325 e. The summed E-state index contributed by atoms with van der Waals surface area (Å²) in [7, 11) is 0. The molecule has 0 radical (unpaired) electrons. The SMILES string of the molecule is CCC(=O)Nc1ccc(CC)cc1-c1nc2ccccc2n(C(C)C(=O)Nc2ccccc2)c1=O. The van der Waals surface area contributed by atoms with Gasteiger partial charge in [0.05, 0.1) is 16.7 Å². The lowest BCUT2D eigenvalue weighted by Gasteiger charge is -2.20. The minimum atomic E-state index is -0.808. The standard InChI is InChI=1S/C28H28N4O3/c1-4-19-15-16-22(30-25(33)5-2)21(17-19)26-28(35)32(24-14-10-9-13-23(24)31-26)18(3)27(34)29-20-11-7-6-8-12-20/h6-18H,4-5H2,1-3H3,(H,29,34)(H,30,33). The van der Waals surface area contributed by atoms with Crippen molar-refractivity contribution in [2.75, 3.05) is 10.6 Å². The number of amides is 2. The lowest BCUT2D eigenvalue weighted by molar-refractivity contribution is -0.119. The zero-order chi connectivity index (χ0) is 24.9. The summed E-state index contributed by atoms with van der Waals surface area (Å²) in [5.74, 6) is -0.477. The van der Waals surface area contributed by atoms with Gasteiger partial charge in [0, 0.05) is 17.7 Å². The zero-order valence-electron chi connectivity index (χ0n) is 20.0. The minimum absolute atomic E-state index is 0.160. The molecule has 1 unspecified atom stereocenters. The van der Waals surface area contributed by atoms with Crippen molar-refractivity contribution in [3.8, 4) is 11.3 Å². The number of rotatable bonds is 7. The van der Waals surface area contributed by atoms with Crippen LogP contribution in [0.15, 0.2) is 77.6 Å². The molecular weight excluding hydrogens is 440 g/mol. The van der Waals surface area contributed by atoms with E-state index < -0.39 is 11.6 Å². The second kappa shape index (κ2) is 10.3. The van der Waals surface area contributed by atoms with Crippen LogP contribution in [-0.2, 0) is 16.0 Å². The number of aryl methyl sites for hydroxylation is 1. The summed E-state index contributed by atoms with van der Waals surface area (Å²) in [6.07, 6.45) is 1.06. The van der Waals surface area contributed by atoms with Crippen LogP contribution < -0.4 is 16.2 Å².